The SMILES string of the molecule is CO[Si](C)(C)O[Si](C)(C)CCCOC(=O)C(C)CCC(CC(c1ccccc1)c1ccccc1)c1ccccc1. The molecule has 0 fully saturated rings. The van der Waals surface area contributed by atoms with Gasteiger partial charge in [0.1, 0.15) is 0 Å². The van der Waals surface area contributed by atoms with Crippen LogP contribution in [0, 0.1) is 5.92 Å². The lowest BCUT2D eigenvalue weighted by Gasteiger charge is -2.32. The van der Waals surface area contributed by atoms with Crippen molar-refractivity contribution >= 4 is 22.8 Å². The normalized spacial score (nSPS) is 13.7. The predicted octanol–water partition coefficient (Wildman–Crippen LogP) is 8.91. The predicted molar refractivity (Wildman–Crippen MR) is 170 cm³/mol. The molecule has 6 heteroatoms. The molecule has 0 N–H and O–H groups in total. The molecule has 216 valence electrons. The second kappa shape index (κ2) is 15.5. The standard InChI is InChI=1S/C34H48O4Si2/c1-28(34(35)37-25-16-26-39(3,4)38-40(5,6)36-2)23-24-32(29-17-10-7-11-18-29)27-33(30-19-12-8-13-20-30)31-21-14-9-15-22-31/h7-15,17-22,28,32-33H,16,23-27H2,1-6H3. The number of rotatable bonds is 16. The minimum absolute atomic E-state index is 0.0959. The maximum absolute atomic E-state index is 12.9. The highest BCUT2D eigenvalue weighted by atomic mass is 28.4. The monoisotopic (exact) mass is 576 g/mol. The number of benzene rings is 3. The Balaban J connectivity index is 1.60. The number of hydrogen-bond acceptors (Lipinski definition) is 4. The Bertz CT molecular complexity index is 1100. The quantitative estimate of drug-likeness (QED) is 0.0970. The average Bonchev–Trinajstić information content (AvgIpc) is 2.96. The Morgan fingerprint density at radius 3 is 1.75 bits per heavy atom. The minimum atomic E-state index is -2.06. The van der Waals surface area contributed by atoms with Crippen molar-refractivity contribution in [2.75, 3.05) is 13.7 Å². The molecule has 0 spiro atoms. The summed E-state index contributed by atoms with van der Waals surface area (Å²) in [5, 5.41) is 0. The van der Waals surface area contributed by atoms with Crippen molar-refractivity contribution in [1.29, 1.82) is 0 Å². The Kier molecular flexibility index (Phi) is 12.4. The van der Waals surface area contributed by atoms with Crippen molar-refractivity contribution in [3.63, 3.8) is 0 Å². The molecule has 4 nitrogen and oxygen atoms in total. The summed E-state index contributed by atoms with van der Waals surface area (Å²) in [6.07, 6.45) is 3.54. The first-order valence-corrected chi connectivity index (χ1v) is 20.6. The maximum atomic E-state index is 12.9. The Labute approximate surface area is 244 Å². The molecular formula is C34H48O4Si2. The van der Waals surface area contributed by atoms with Crippen LogP contribution in [0.4, 0.5) is 0 Å². The summed E-state index contributed by atoms with van der Waals surface area (Å²) in [5.41, 5.74) is 3.98. The second-order valence-corrected chi connectivity index (χ2v) is 20.0. The summed E-state index contributed by atoms with van der Waals surface area (Å²) in [4.78, 5) is 12.9. The van der Waals surface area contributed by atoms with Crippen molar-refractivity contribution in [1.82, 2.24) is 0 Å². The van der Waals surface area contributed by atoms with Gasteiger partial charge in [0.2, 0.25) is 0 Å². The van der Waals surface area contributed by atoms with Gasteiger partial charge in [-0.15, -0.1) is 0 Å². The fourth-order valence-corrected chi connectivity index (χ4v) is 12.5. The lowest BCUT2D eigenvalue weighted by atomic mass is 9.78. The molecule has 2 unspecified atom stereocenters. The number of hydrogen-bond donors (Lipinski definition) is 0. The molecule has 0 saturated heterocycles. The van der Waals surface area contributed by atoms with Gasteiger partial charge >= 0.3 is 14.5 Å². The highest BCUT2D eigenvalue weighted by Crippen LogP contribution is 2.38. The number of carbonyl (C=O) groups is 1. The van der Waals surface area contributed by atoms with Gasteiger partial charge in [0, 0.05) is 13.0 Å². The van der Waals surface area contributed by atoms with Crippen molar-refractivity contribution in [3.05, 3.63) is 108 Å². The zero-order valence-corrected chi connectivity index (χ0v) is 27.3. The van der Waals surface area contributed by atoms with Crippen molar-refractivity contribution in [2.45, 2.75) is 76.7 Å². The second-order valence-electron chi connectivity index (χ2n) is 11.9. The molecule has 2 atom stereocenters. The van der Waals surface area contributed by atoms with E-state index in [2.05, 4.69) is 117 Å². The molecular weight excluding hydrogens is 529 g/mol. The molecule has 0 heterocycles. The fourth-order valence-electron chi connectivity index (χ4n) is 5.41. The smallest absolute Gasteiger partial charge is 0.321 e. The van der Waals surface area contributed by atoms with E-state index in [1.54, 1.807) is 7.11 Å². The molecule has 3 rings (SSSR count). The highest BCUT2D eigenvalue weighted by molar-refractivity contribution is 6.82. The molecule has 0 radical (unpaired) electrons. The summed E-state index contributed by atoms with van der Waals surface area (Å²) < 4.78 is 17.6. The largest absolute Gasteiger partial charge is 0.465 e. The first-order chi connectivity index (χ1) is 19.1. The van der Waals surface area contributed by atoms with Gasteiger partial charge in [-0.25, -0.2) is 0 Å². The summed E-state index contributed by atoms with van der Waals surface area (Å²) in [6, 6.07) is 33.3. The number of ether oxygens (including phenoxy) is 1. The maximum Gasteiger partial charge on any atom is 0.321 e. The average molecular weight is 577 g/mol. The molecule has 0 bridgehead atoms. The van der Waals surface area contributed by atoms with Gasteiger partial charge in [0.05, 0.1) is 12.5 Å². The van der Waals surface area contributed by atoms with E-state index in [0.717, 1.165) is 31.7 Å². The Morgan fingerprint density at radius 1 is 0.750 bits per heavy atom. The molecule has 3 aromatic rings. The number of esters is 1. The summed E-state index contributed by atoms with van der Waals surface area (Å²) in [7, 11) is -2.19. The van der Waals surface area contributed by atoms with Crippen LogP contribution in [0.3, 0.4) is 0 Å². The lowest BCUT2D eigenvalue weighted by molar-refractivity contribution is -0.148. The molecule has 40 heavy (non-hydrogen) atoms. The zero-order valence-electron chi connectivity index (χ0n) is 25.3. The molecule has 0 amide bonds. The van der Waals surface area contributed by atoms with Crippen molar-refractivity contribution < 1.29 is 18.1 Å². The van der Waals surface area contributed by atoms with Crippen LogP contribution in [0.5, 0.6) is 0 Å². The minimum Gasteiger partial charge on any atom is -0.465 e. The Hall–Kier alpha value is -2.52. The fraction of sp³-hybridized carbons (Fsp3) is 0.441. The van der Waals surface area contributed by atoms with Gasteiger partial charge < -0.3 is 13.3 Å². The number of carbonyl (C=O) groups excluding carboxylic acids is 1. The van der Waals surface area contributed by atoms with Gasteiger partial charge in [-0.1, -0.05) is 97.9 Å². The highest BCUT2D eigenvalue weighted by Gasteiger charge is 2.33. The van der Waals surface area contributed by atoms with Crippen LogP contribution in [0.1, 0.15) is 61.1 Å². The van der Waals surface area contributed by atoms with Gasteiger partial charge in [0.15, 0.2) is 8.32 Å². The molecule has 0 aromatic heterocycles. The van der Waals surface area contributed by atoms with Crippen LogP contribution in [-0.2, 0) is 18.1 Å². The third-order valence-electron chi connectivity index (χ3n) is 7.73. The van der Waals surface area contributed by atoms with E-state index >= 15 is 0 Å². The van der Waals surface area contributed by atoms with Crippen molar-refractivity contribution in [3.8, 4) is 0 Å². The van der Waals surface area contributed by atoms with Gasteiger partial charge in [-0.2, -0.15) is 0 Å². The van der Waals surface area contributed by atoms with E-state index in [9.17, 15) is 4.79 Å². The van der Waals surface area contributed by atoms with E-state index in [4.69, 9.17) is 13.3 Å². The first kappa shape index (κ1) is 32.0. The molecule has 3 aromatic carbocycles. The Morgan fingerprint density at radius 2 is 1.25 bits per heavy atom. The first-order valence-electron chi connectivity index (χ1n) is 14.7. The van der Waals surface area contributed by atoms with Gasteiger partial charge in [-0.05, 0) is 80.5 Å². The third-order valence-corrected chi connectivity index (χ3v) is 14.4. The summed E-state index contributed by atoms with van der Waals surface area (Å²) in [5.74, 6) is 0.385. The third kappa shape index (κ3) is 10.5. The van der Waals surface area contributed by atoms with Crippen LogP contribution < -0.4 is 0 Å². The van der Waals surface area contributed by atoms with E-state index < -0.39 is 16.9 Å². The van der Waals surface area contributed by atoms with E-state index in [-0.39, 0.29) is 17.8 Å². The zero-order chi connectivity index (χ0) is 29.0. The van der Waals surface area contributed by atoms with Crippen molar-refractivity contribution in [2.24, 2.45) is 5.92 Å². The van der Waals surface area contributed by atoms with Crippen LogP contribution in [0.15, 0.2) is 91.0 Å². The molecule has 0 aliphatic carbocycles. The van der Waals surface area contributed by atoms with Crippen LogP contribution in [0.2, 0.25) is 32.2 Å². The summed E-state index contributed by atoms with van der Waals surface area (Å²) >= 11 is 0. The van der Waals surface area contributed by atoms with E-state index in [1.807, 2.05) is 6.92 Å². The van der Waals surface area contributed by atoms with Crippen LogP contribution >= 0.6 is 0 Å². The topological polar surface area (TPSA) is 44.8 Å². The van der Waals surface area contributed by atoms with Crippen LogP contribution in [0.25, 0.3) is 0 Å². The molecule has 0 aliphatic rings. The summed E-state index contributed by atoms with van der Waals surface area (Å²) in [6.45, 7) is 11.0. The van der Waals surface area contributed by atoms with E-state index in [1.165, 1.54) is 16.7 Å². The molecule has 0 aliphatic heterocycles. The van der Waals surface area contributed by atoms with E-state index in [0.29, 0.717) is 12.5 Å². The lowest BCUT2D eigenvalue weighted by Crippen LogP contribution is -2.45. The van der Waals surface area contributed by atoms with Gasteiger partial charge in [0.25, 0.3) is 0 Å². The van der Waals surface area contributed by atoms with Crippen LogP contribution in [-0.4, -0.2) is 36.6 Å². The molecule has 0 saturated carbocycles. The van der Waals surface area contributed by atoms with Gasteiger partial charge in [-0.3, -0.25) is 4.79 Å².